The lowest BCUT2D eigenvalue weighted by Gasteiger charge is -2.11. The molecule has 2 aromatic rings. The highest BCUT2D eigenvalue weighted by Gasteiger charge is 2.14. The SMILES string of the molecule is CN(C)Cc1cccc(NC(=O)C(=O)Nc2cccc(F)c2)c1. The minimum Gasteiger partial charge on any atom is -0.318 e. The van der Waals surface area contributed by atoms with E-state index in [2.05, 4.69) is 10.6 Å². The van der Waals surface area contributed by atoms with Gasteiger partial charge >= 0.3 is 11.8 Å². The Bertz CT molecular complexity index is 716. The summed E-state index contributed by atoms with van der Waals surface area (Å²) < 4.78 is 13.1. The van der Waals surface area contributed by atoms with E-state index in [4.69, 9.17) is 0 Å². The van der Waals surface area contributed by atoms with Crippen molar-refractivity contribution < 1.29 is 14.0 Å². The van der Waals surface area contributed by atoms with Crippen molar-refractivity contribution in [3.63, 3.8) is 0 Å². The summed E-state index contributed by atoms with van der Waals surface area (Å²) in [6, 6.07) is 12.6. The lowest BCUT2D eigenvalue weighted by molar-refractivity contribution is -0.133. The molecule has 0 saturated carbocycles. The summed E-state index contributed by atoms with van der Waals surface area (Å²) in [4.78, 5) is 25.7. The molecule has 2 N–H and O–H groups in total. The first kappa shape index (κ1) is 16.6. The fraction of sp³-hybridized carbons (Fsp3) is 0.176. The van der Waals surface area contributed by atoms with Crippen LogP contribution in [0.25, 0.3) is 0 Å². The average molecular weight is 315 g/mol. The maximum absolute atomic E-state index is 13.1. The van der Waals surface area contributed by atoms with Gasteiger partial charge in [-0.3, -0.25) is 9.59 Å². The molecule has 6 heteroatoms. The first-order valence-corrected chi connectivity index (χ1v) is 7.05. The molecule has 0 atom stereocenters. The number of rotatable bonds is 4. The fourth-order valence-electron chi connectivity index (χ4n) is 2.05. The average Bonchev–Trinajstić information content (AvgIpc) is 2.46. The van der Waals surface area contributed by atoms with Gasteiger partial charge < -0.3 is 15.5 Å². The molecule has 0 radical (unpaired) electrons. The number of benzene rings is 2. The molecule has 0 aliphatic rings. The lowest BCUT2D eigenvalue weighted by atomic mass is 10.2. The van der Waals surface area contributed by atoms with Crippen LogP contribution in [-0.4, -0.2) is 30.8 Å². The highest BCUT2D eigenvalue weighted by atomic mass is 19.1. The van der Waals surface area contributed by atoms with Gasteiger partial charge in [0.05, 0.1) is 0 Å². The van der Waals surface area contributed by atoms with Gasteiger partial charge in [-0.25, -0.2) is 4.39 Å². The third-order valence-electron chi connectivity index (χ3n) is 2.97. The van der Waals surface area contributed by atoms with Crippen LogP contribution in [-0.2, 0) is 16.1 Å². The van der Waals surface area contributed by atoms with E-state index < -0.39 is 17.6 Å². The third-order valence-corrected chi connectivity index (χ3v) is 2.97. The van der Waals surface area contributed by atoms with Crippen molar-refractivity contribution in [1.29, 1.82) is 0 Å². The number of carbonyl (C=O) groups excluding carboxylic acids is 2. The number of halogens is 1. The summed E-state index contributed by atoms with van der Waals surface area (Å²) in [6.45, 7) is 0.721. The lowest BCUT2D eigenvalue weighted by Crippen LogP contribution is -2.29. The van der Waals surface area contributed by atoms with Gasteiger partial charge in [0, 0.05) is 17.9 Å². The van der Waals surface area contributed by atoms with Crippen LogP contribution >= 0.6 is 0 Å². The molecule has 0 heterocycles. The molecule has 120 valence electrons. The Labute approximate surface area is 134 Å². The number of hydrogen-bond donors (Lipinski definition) is 2. The highest BCUT2D eigenvalue weighted by Crippen LogP contribution is 2.13. The van der Waals surface area contributed by atoms with Gasteiger partial charge in [0.25, 0.3) is 0 Å². The van der Waals surface area contributed by atoms with Gasteiger partial charge in [0.15, 0.2) is 0 Å². The topological polar surface area (TPSA) is 61.4 Å². The van der Waals surface area contributed by atoms with Gasteiger partial charge in [0.1, 0.15) is 5.82 Å². The van der Waals surface area contributed by atoms with E-state index in [0.717, 1.165) is 18.2 Å². The van der Waals surface area contributed by atoms with Crippen LogP contribution < -0.4 is 10.6 Å². The number of nitrogens with one attached hydrogen (secondary N) is 2. The van der Waals surface area contributed by atoms with E-state index in [1.807, 2.05) is 25.1 Å². The van der Waals surface area contributed by atoms with Crippen LogP contribution in [0.15, 0.2) is 48.5 Å². The summed E-state index contributed by atoms with van der Waals surface area (Å²) >= 11 is 0. The molecule has 23 heavy (non-hydrogen) atoms. The van der Waals surface area contributed by atoms with Gasteiger partial charge in [0.2, 0.25) is 0 Å². The van der Waals surface area contributed by atoms with Crippen LogP contribution in [0.2, 0.25) is 0 Å². The number of amides is 2. The first-order valence-electron chi connectivity index (χ1n) is 7.05. The Hall–Kier alpha value is -2.73. The van der Waals surface area contributed by atoms with E-state index in [1.165, 1.54) is 18.2 Å². The van der Waals surface area contributed by atoms with Crippen molar-refractivity contribution in [2.24, 2.45) is 0 Å². The smallest absolute Gasteiger partial charge is 0.314 e. The molecule has 0 aliphatic carbocycles. The summed E-state index contributed by atoms with van der Waals surface area (Å²) in [7, 11) is 3.88. The van der Waals surface area contributed by atoms with Crippen LogP contribution in [0.5, 0.6) is 0 Å². The van der Waals surface area contributed by atoms with Crippen molar-refractivity contribution >= 4 is 23.2 Å². The molecule has 0 bridgehead atoms. The van der Waals surface area contributed by atoms with E-state index in [0.29, 0.717) is 5.69 Å². The molecule has 2 amide bonds. The predicted octanol–water partition coefficient (Wildman–Crippen LogP) is 2.46. The summed E-state index contributed by atoms with van der Waals surface area (Å²) in [5, 5.41) is 4.88. The Balaban J connectivity index is 1.99. The zero-order chi connectivity index (χ0) is 16.8. The van der Waals surface area contributed by atoms with Crippen molar-refractivity contribution in [3.05, 3.63) is 59.9 Å². The number of anilines is 2. The van der Waals surface area contributed by atoms with E-state index in [-0.39, 0.29) is 5.69 Å². The standard InChI is InChI=1S/C17H18FN3O2/c1-21(2)11-12-5-3-7-14(9-12)19-16(22)17(23)20-15-8-4-6-13(18)10-15/h3-10H,11H2,1-2H3,(H,19,22)(H,20,23). The highest BCUT2D eigenvalue weighted by molar-refractivity contribution is 6.43. The maximum atomic E-state index is 13.1. The fourth-order valence-corrected chi connectivity index (χ4v) is 2.05. The quantitative estimate of drug-likeness (QED) is 0.852. The summed E-state index contributed by atoms with van der Waals surface area (Å²) in [5.41, 5.74) is 1.77. The second kappa shape index (κ2) is 7.51. The Morgan fingerprint density at radius 1 is 0.957 bits per heavy atom. The van der Waals surface area contributed by atoms with Crippen molar-refractivity contribution in [2.45, 2.75) is 6.54 Å². The Morgan fingerprint density at radius 2 is 1.52 bits per heavy atom. The molecule has 0 aliphatic heterocycles. The molecule has 0 fully saturated rings. The third kappa shape index (κ3) is 5.19. The van der Waals surface area contributed by atoms with Crippen LogP contribution in [0.4, 0.5) is 15.8 Å². The van der Waals surface area contributed by atoms with Crippen molar-refractivity contribution in [3.8, 4) is 0 Å². The van der Waals surface area contributed by atoms with Gasteiger partial charge in [-0.2, -0.15) is 0 Å². The summed E-state index contributed by atoms with van der Waals surface area (Å²) in [6.07, 6.45) is 0. The molecule has 2 rings (SSSR count). The van der Waals surface area contributed by atoms with Crippen molar-refractivity contribution in [1.82, 2.24) is 4.90 Å². The molecule has 0 spiro atoms. The Morgan fingerprint density at radius 3 is 2.09 bits per heavy atom. The molecule has 0 unspecified atom stereocenters. The van der Waals surface area contributed by atoms with Gasteiger partial charge in [-0.1, -0.05) is 18.2 Å². The largest absolute Gasteiger partial charge is 0.318 e. The zero-order valence-electron chi connectivity index (χ0n) is 13.0. The maximum Gasteiger partial charge on any atom is 0.314 e. The monoisotopic (exact) mass is 315 g/mol. The predicted molar refractivity (Wildman–Crippen MR) is 87.5 cm³/mol. The minimum atomic E-state index is -0.853. The minimum absolute atomic E-state index is 0.228. The van der Waals surface area contributed by atoms with Crippen LogP contribution in [0.1, 0.15) is 5.56 Å². The van der Waals surface area contributed by atoms with Crippen molar-refractivity contribution in [2.75, 3.05) is 24.7 Å². The first-order chi connectivity index (χ1) is 10.9. The Kier molecular flexibility index (Phi) is 5.43. The molecular weight excluding hydrogens is 297 g/mol. The molecule has 0 saturated heterocycles. The summed E-state index contributed by atoms with van der Waals surface area (Å²) in [5.74, 6) is -2.15. The van der Waals surface area contributed by atoms with E-state index >= 15 is 0 Å². The molecule has 5 nitrogen and oxygen atoms in total. The van der Waals surface area contributed by atoms with E-state index in [1.54, 1.807) is 18.2 Å². The zero-order valence-corrected chi connectivity index (χ0v) is 13.0. The van der Waals surface area contributed by atoms with Crippen LogP contribution in [0, 0.1) is 5.82 Å². The van der Waals surface area contributed by atoms with E-state index in [9.17, 15) is 14.0 Å². The number of hydrogen-bond acceptors (Lipinski definition) is 3. The van der Waals surface area contributed by atoms with Gasteiger partial charge in [-0.15, -0.1) is 0 Å². The van der Waals surface area contributed by atoms with Gasteiger partial charge in [-0.05, 0) is 50.0 Å². The van der Waals surface area contributed by atoms with Crippen LogP contribution in [0.3, 0.4) is 0 Å². The molecule has 0 aromatic heterocycles. The second-order valence-corrected chi connectivity index (χ2v) is 5.36. The molecular formula is C17H18FN3O2. The normalized spacial score (nSPS) is 10.4. The second-order valence-electron chi connectivity index (χ2n) is 5.36. The molecule has 2 aromatic carbocycles. The number of carbonyl (C=O) groups is 2. The number of nitrogens with zero attached hydrogens (tertiary/aromatic N) is 1.